The summed E-state index contributed by atoms with van der Waals surface area (Å²) in [5, 5.41) is 0. The highest BCUT2D eigenvalue weighted by Gasteiger charge is 2.21. The van der Waals surface area contributed by atoms with Gasteiger partial charge in [0.25, 0.3) is 0 Å². The predicted molar refractivity (Wildman–Crippen MR) is 62.6 cm³/mol. The second kappa shape index (κ2) is 4.34. The van der Waals surface area contributed by atoms with Gasteiger partial charge in [-0.05, 0) is 18.4 Å². The summed E-state index contributed by atoms with van der Waals surface area (Å²) in [5.41, 5.74) is 7.14. The smallest absolute Gasteiger partial charge is 0.191 e. The van der Waals surface area contributed by atoms with Crippen molar-refractivity contribution in [2.45, 2.75) is 25.4 Å². The van der Waals surface area contributed by atoms with E-state index in [4.69, 9.17) is 5.73 Å². The van der Waals surface area contributed by atoms with Crippen molar-refractivity contribution in [1.82, 2.24) is 4.90 Å². The molecule has 1 fully saturated rings. The van der Waals surface area contributed by atoms with Crippen molar-refractivity contribution >= 4 is 5.96 Å². The van der Waals surface area contributed by atoms with E-state index in [2.05, 4.69) is 17.1 Å². The van der Waals surface area contributed by atoms with Crippen LogP contribution in [0, 0.1) is 0 Å². The van der Waals surface area contributed by atoms with Crippen LogP contribution in [0.25, 0.3) is 0 Å². The van der Waals surface area contributed by atoms with Gasteiger partial charge in [0, 0.05) is 13.6 Å². The molecule has 80 valence electrons. The van der Waals surface area contributed by atoms with Gasteiger partial charge in [-0.1, -0.05) is 30.3 Å². The minimum absolute atomic E-state index is 0.489. The fraction of sp³-hybridized carbons (Fsp3) is 0.417. The Hall–Kier alpha value is -1.51. The molecule has 1 aliphatic rings. The largest absolute Gasteiger partial charge is 0.370 e. The minimum Gasteiger partial charge on any atom is -0.370 e. The number of hydrogen-bond donors (Lipinski definition) is 1. The van der Waals surface area contributed by atoms with E-state index in [-0.39, 0.29) is 0 Å². The van der Waals surface area contributed by atoms with Crippen molar-refractivity contribution in [1.29, 1.82) is 0 Å². The first-order valence-electron chi connectivity index (χ1n) is 5.34. The second-order valence-corrected chi connectivity index (χ2v) is 4.06. The zero-order valence-electron chi connectivity index (χ0n) is 9.06. The molecule has 0 amide bonds. The molecule has 15 heavy (non-hydrogen) atoms. The number of aliphatic imine (C=N–C) groups is 1. The summed E-state index contributed by atoms with van der Waals surface area (Å²) in [6.45, 7) is 0.822. The maximum Gasteiger partial charge on any atom is 0.191 e. The van der Waals surface area contributed by atoms with Gasteiger partial charge in [-0.15, -0.1) is 0 Å². The molecular weight excluding hydrogens is 186 g/mol. The summed E-state index contributed by atoms with van der Waals surface area (Å²) in [5.74, 6) is 0.654. The standard InChI is InChI=1S/C12H17N3/c1-15(12(13)14-11-7-8-11)9-10-5-3-2-4-6-10/h2-6,11H,7-9H2,1H3,(H2,13,14). The summed E-state index contributed by atoms with van der Waals surface area (Å²) in [4.78, 5) is 6.40. The average molecular weight is 203 g/mol. The molecule has 1 aromatic carbocycles. The molecular formula is C12H17N3. The highest BCUT2D eigenvalue weighted by atomic mass is 15.2. The lowest BCUT2D eigenvalue weighted by Gasteiger charge is -2.17. The lowest BCUT2D eigenvalue weighted by molar-refractivity contribution is 0.492. The number of nitrogens with zero attached hydrogens (tertiary/aromatic N) is 2. The maximum atomic E-state index is 5.88. The van der Waals surface area contributed by atoms with Crippen molar-refractivity contribution in [2.24, 2.45) is 10.7 Å². The van der Waals surface area contributed by atoms with E-state index < -0.39 is 0 Å². The van der Waals surface area contributed by atoms with Crippen molar-refractivity contribution < 1.29 is 0 Å². The lowest BCUT2D eigenvalue weighted by Crippen LogP contribution is -2.33. The monoisotopic (exact) mass is 203 g/mol. The molecule has 0 unspecified atom stereocenters. The molecule has 0 atom stereocenters. The molecule has 1 aliphatic carbocycles. The van der Waals surface area contributed by atoms with Crippen LogP contribution in [0.1, 0.15) is 18.4 Å². The molecule has 0 radical (unpaired) electrons. The Morgan fingerprint density at radius 1 is 1.40 bits per heavy atom. The summed E-state index contributed by atoms with van der Waals surface area (Å²) >= 11 is 0. The number of guanidine groups is 1. The Kier molecular flexibility index (Phi) is 2.90. The van der Waals surface area contributed by atoms with E-state index in [0.717, 1.165) is 6.54 Å². The first kappa shape index (κ1) is 10.0. The van der Waals surface area contributed by atoms with Gasteiger partial charge in [-0.25, -0.2) is 4.99 Å². The number of rotatable bonds is 3. The fourth-order valence-corrected chi connectivity index (χ4v) is 1.43. The molecule has 3 nitrogen and oxygen atoms in total. The molecule has 2 rings (SSSR count). The Labute approximate surface area is 90.6 Å². The zero-order chi connectivity index (χ0) is 10.7. The zero-order valence-corrected chi connectivity index (χ0v) is 9.06. The number of nitrogens with two attached hydrogens (primary N) is 1. The van der Waals surface area contributed by atoms with Crippen LogP contribution >= 0.6 is 0 Å². The number of hydrogen-bond acceptors (Lipinski definition) is 1. The van der Waals surface area contributed by atoms with E-state index in [1.165, 1.54) is 18.4 Å². The summed E-state index contributed by atoms with van der Waals surface area (Å²) < 4.78 is 0. The molecule has 0 heterocycles. The van der Waals surface area contributed by atoms with Crippen LogP contribution in [0.3, 0.4) is 0 Å². The highest BCUT2D eigenvalue weighted by Crippen LogP contribution is 2.23. The van der Waals surface area contributed by atoms with Gasteiger partial charge >= 0.3 is 0 Å². The van der Waals surface area contributed by atoms with Gasteiger partial charge in [-0.2, -0.15) is 0 Å². The van der Waals surface area contributed by atoms with Gasteiger partial charge in [0.2, 0.25) is 0 Å². The molecule has 0 bridgehead atoms. The molecule has 0 aromatic heterocycles. The first-order chi connectivity index (χ1) is 7.25. The van der Waals surface area contributed by atoms with E-state index in [1.54, 1.807) is 0 Å². The molecule has 2 N–H and O–H groups in total. The summed E-state index contributed by atoms with van der Waals surface area (Å²) in [7, 11) is 1.98. The van der Waals surface area contributed by atoms with Gasteiger partial charge in [0.15, 0.2) is 5.96 Å². The van der Waals surface area contributed by atoms with Crippen molar-refractivity contribution in [3.8, 4) is 0 Å². The Bertz CT molecular complexity index is 341. The van der Waals surface area contributed by atoms with E-state index in [9.17, 15) is 0 Å². The average Bonchev–Trinajstić information content (AvgIpc) is 3.03. The third-order valence-electron chi connectivity index (χ3n) is 2.52. The summed E-state index contributed by atoms with van der Waals surface area (Å²) in [6.07, 6.45) is 2.39. The van der Waals surface area contributed by atoms with E-state index >= 15 is 0 Å². The fourth-order valence-electron chi connectivity index (χ4n) is 1.43. The normalized spacial score (nSPS) is 16.5. The SMILES string of the molecule is CN(Cc1ccccc1)C(N)=NC1CC1. The topological polar surface area (TPSA) is 41.6 Å². The Morgan fingerprint density at radius 3 is 2.67 bits per heavy atom. The van der Waals surface area contributed by atoms with Gasteiger partial charge < -0.3 is 10.6 Å². The van der Waals surface area contributed by atoms with Crippen molar-refractivity contribution in [2.75, 3.05) is 7.05 Å². The number of benzene rings is 1. The van der Waals surface area contributed by atoms with Gasteiger partial charge in [0.05, 0.1) is 6.04 Å². The molecule has 1 aromatic rings. The predicted octanol–water partition coefficient (Wildman–Crippen LogP) is 1.60. The molecule has 1 saturated carbocycles. The van der Waals surface area contributed by atoms with Crippen LogP contribution in [0.4, 0.5) is 0 Å². The van der Waals surface area contributed by atoms with Crippen LogP contribution in [-0.4, -0.2) is 23.9 Å². The summed E-state index contributed by atoms with van der Waals surface area (Å²) in [6, 6.07) is 10.8. The van der Waals surface area contributed by atoms with Crippen LogP contribution in [0.5, 0.6) is 0 Å². The van der Waals surface area contributed by atoms with Crippen LogP contribution < -0.4 is 5.73 Å². The third-order valence-corrected chi connectivity index (χ3v) is 2.52. The van der Waals surface area contributed by atoms with Crippen LogP contribution in [0.15, 0.2) is 35.3 Å². The molecule has 0 saturated heterocycles. The second-order valence-electron chi connectivity index (χ2n) is 4.06. The first-order valence-corrected chi connectivity index (χ1v) is 5.34. The molecule has 3 heteroatoms. The van der Waals surface area contributed by atoms with Gasteiger partial charge in [-0.3, -0.25) is 0 Å². The Morgan fingerprint density at radius 2 is 2.07 bits per heavy atom. The lowest BCUT2D eigenvalue weighted by atomic mass is 10.2. The van der Waals surface area contributed by atoms with Crippen molar-refractivity contribution in [3.05, 3.63) is 35.9 Å². The minimum atomic E-state index is 0.489. The van der Waals surface area contributed by atoms with E-state index in [0.29, 0.717) is 12.0 Å². The highest BCUT2D eigenvalue weighted by molar-refractivity contribution is 5.78. The van der Waals surface area contributed by atoms with Gasteiger partial charge in [0.1, 0.15) is 0 Å². The quantitative estimate of drug-likeness (QED) is 0.599. The van der Waals surface area contributed by atoms with Crippen LogP contribution in [-0.2, 0) is 6.54 Å². The Balaban J connectivity index is 1.94. The maximum absolute atomic E-state index is 5.88. The van der Waals surface area contributed by atoms with Crippen molar-refractivity contribution in [3.63, 3.8) is 0 Å². The molecule has 0 aliphatic heterocycles. The van der Waals surface area contributed by atoms with Crippen LogP contribution in [0.2, 0.25) is 0 Å². The van der Waals surface area contributed by atoms with E-state index in [1.807, 2.05) is 30.1 Å². The molecule has 0 spiro atoms. The third kappa shape index (κ3) is 2.98.